The molecule has 2 heteroatoms. The van der Waals surface area contributed by atoms with Gasteiger partial charge in [0.15, 0.2) is 0 Å². The third-order valence-electron chi connectivity index (χ3n) is 2.89. The van der Waals surface area contributed by atoms with Crippen molar-refractivity contribution in [1.29, 1.82) is 0 Å². The van der Waals surface area contributed by atoms with Crippen molar-refractivity contribution in [3.63, 3.8) is 0 Å². The summed E-state index contributed by atoms with van der Waals surface area (Å²) in [5.74, 6) is 0. The van der Waals surface area contributed by atoms with Crippen molar-refractivity contribution in [2.75, 3.05) is 26.2 Å². The maximum absolute atomic E-state index is 3.98. The Kier molecular flexibility index (Phi) is 10.6. The summed E-state index contributed by atoms with van der Waals surface area (Å²) in [6.07, 6.45) is 5.34. The van der Waals surface area contributed by atoms with E-state index in [9.17, 15) is 0 Å². The Morgan fingerprint density at radius 3 is 2.35 bits per heavy atom. The zero-order valence-corrected chi connectivity index (χ0v) is 12.4. The number of hydrogen-bond donors (Lipinski definition) is 1. The molecule has 0 spiro atoms. The number of nitrogens with zero attached hydrogens (tertiary/aromatic N) is 1. The number of likely N-dealkylation sites (N-methyl/N-ethyl adjacent to an activating group) is 1. The van der Waals surface area contributed by atoms with Crippen molar-refractivity contribution in [3.8, 4) is 0 Å². The first kappa shape index (κ1) is 16.7. The SMILES string of the molecule is C=C(C)CN(CC)CCCCCCNC(C)C. The number of rotatable bonds is 11. The van der Waals surface area contributed by atoms with Gasteiger partial charge in [0.25, 0.3) is 0 Å². The average Bonchev–Trinajstić information content (AvgIpc) is 2.25. The lowest BCUT2D eigenvalue weighted by atomic mass is 10.1. The van der Waals surface area contributed by atoms with Crippen LogP contribution in [0.2, 0.25) is 0 Å². The Hall–Kier alpha value is -0.340. The van der Waals surface area contributed by atoms with Crippen LogP contribution >= 0.6 is 0 Å². The summed E-state index contributed by atoms with van der Waals surface area (Å²) in [7, 11) is 0. The summed E-state index contributed by atoms with van der Waals surface area (Å²) in [4.78, 5) is 2.48. The zero-order chi connectivity index (χ0) is 13.1. The van der Waals surface area contributed by atoms with Crippen LogP contribution in [0.25, 0.3) is 0 Å². The summed E-state index contributed by atoms with van der Waals surface area (Å²) < 4.78 is 0. The Bertz CT molecular complexity index is 187. The predicted molar refractivity (Wildman–Crippen MR) is 78.5 cm³/mol. The van der Waals surface area contributed by atoms with Crippen LogP contribution < -0.4 is 5.32 Å². The van der Waals surface area contributed by atoms with E-state index in [1.165, 1.54) is 44.3 Å². The van der Waals surface area contributed by atoms with Gasteiger partial charge in [0, 0.05) is 12.6 Å². The van der Waals surface area contributed by atoms with Gasteiger partial charge in [0.2, 0.25) is 0 Å². The third-order valence-corrected chi connectivity index (χ3v) is 2.89. The van der Waals surface area contributed by atoms with E-state index in [-0.39, 0.29) is 0 Å². The Balaban J connectivity index is 3.33. The van der Waals surface area contributed by atoms with Crippen molar-refractivity contribution >= 4 is 0 Å². The van der Waals surface area contributed by atoms with Gasteiger partial charge in [-0.2, -0.15) is 0 Å². The van der Waals surface area contributed by atoms with E-state index in [4.69, 9.17) is 0 Å². The molecule has 0 aromatic heterocycles. The molecule has 0 bridgehead atoms. The molecule has 0 unspecified atom stereocenters. The third kappa shape index (κ3) is 11.9. The van der Waals surface area contributed by atoms with Gasteiger partial charge in [-0.15, -0.1) is 0 Å². The lowest BCUT2D eigenvalue weighted by Crippen LogP contribution is -2.26. The summed E-state index contributed by atoms with van der Waals surface area (Å²) >= 11 is 0. The van der Waals surface area contributed by atoms with Crippen LogP contribution in [0.3, 0.4) is 0 Å². The Morgan fingerprint density at radius 1 is 1.18 bits per heavy atom. The molecular formula is C15H32N2. The van der Waals surface area contributed by atoms with Crippen LogP contribution in [0.1, 0.15) is 53.4 Å². The van der Waals surface area contributed by atoms with E-state index in [0.717, 1.165) is 13.1 Å². The fourth-order valence-electron chi connectivity index (χ4n) is 1.94. The minimum atomic E-state index is 0.626. The number of nitrogens with one attached hydrogen (secondary N) is 1. The highest BCUT2D eigenvalue weighted by Gasteiger charge is 2.01. The first-order valence-corrected chi connectivity index (χ1v) is 7.16. The molecule has 102 valence electrons. The lowest BCUT2D eigenvalue weighted by Gasteiger charge is -2.20. The molecule has 0 aromatic carbocycles. The van der Waals surface area contributed by atoms with Crippen LogP contribution in [0.15, 0.2) is 12.2 Å². The van der Waals surface area contributed by atoms with E-state index in [0.29, 0.717) is 6.04 Å². The molecule has 0 aliphatic rings. The molecule has 0 aliphatic carbocycles. The summed E-state index contributed by atoms with van der Waals surface area (Å²) in [6.45, 7) is 17.3. The zero-order valence-electron chi connectivity index (χ0n) is 12.4. The normalized spacial score (nSPS) is 11.4. The van der Waals surface area contributed by atoms with Gasteiger partial charge in [-0.3, -0.25) is 4.90 Å². The van der Waals surface area contributed by atoms with E-state index in [1.54, 1.807) is 0 Å². The fourth-order valence-corrected chi connectivity index (χ4v) is 1.94. The Morgan fingerprint density at radius 2 is 1.82 bits per heavy atom. The van der Waals surface area contributed by atoms with Gasteiger partial charge in [-0.05, 0) is 39.4 Å². The summed E-state index contributed by atoms with van der Waals surface area (Å²) in [6, 6.07) is 0.626. The second kappa shape index (κ2) is 10.8. The van der Waals surface area contributed by atoms with Gasteiger partial charge in [-0.25, -0.2) is 0 Å². The van der Waals surface area contributed by atoms with Crippen LogP contribution in [0.4, 0.5) is 0 Å². The molecule has 0 saturated heterocycles. The van der Waals surface area contributed by atoms with Gasteiger partial charge in [0.05, 0.1) is 0 Å². The van der Waals surface area contributed by atoms with Gasteiger partial charge >= 0.3 is 0 Å². The molecule has 1 N–H and O–H groups in total. The highest BCUT2D eigenvalue weighted by atomic mass is 15.1. The van der Waals surface area contributed by atoms with Crippen LogP contribution in [-0.4, -0.2) is 37.1 Å². The topological polar surface area (TPSA) is 15.3 Å². The number of unbranched alkanes of at least 4 members (excludes halogenated alkanes) is 3. The second-order valence-corrected chi connectivity index (χ2v) is 5.35. The highest BCUT2D eigenvalue weighted by molar-refractivity contribution is 4.91. The maximum atomic E-state index is 3.98. The van der Waals surface area contributed by atoms with Gasteiger partial charge in [-0.1, -0.05) is 45.8 Å². The monoisotopic (exact) mass is 240 g/mol. The van der Waals surface area contributed by atoms with Crippen molar-refractivity contribution < 1.29 is 0 Å². The smallest absolute Gasteiger partial charge is 0.0187 e. The summed E-state index contributed by atoms with van der Waals surface area (Å²) in [5, 5.41) is 3.46. The average molecular weight is 240 g/mol. The quantitative estimate of drug-likeness (QED) is 0.439. The lowest BCUT2D eigenvalue weighted by molar-refractivity contribution is 0.303. The van der Waals surface area contributed by atoms with E-state index in [1.807, 2.05) is 0 Å². The first-order chi connectivity index (χ1) is 8.06. The minimum absolute atomic E-state index is 0.626. The minimum Gasteiger partial charge on any atom is -0.315 e. The molecule has 0 radical (unpaired) electrons. The Labute approximate surface area is 108 Å². The molecule has 0 saturated carbocycles. The largest absolute Gasteiger partial charge is 0.315 e. The predicted octanol–water partition coefficient (Wildman–Crippen LogP) is 3.44. The molecule has 0 rings (SSSR count). The van der Waals surface area contributed by atoms with Crippen molar-refractivity contribution in [2.24, 2.45) is 0 Å². The van der Waals surface area contributed by atoms with Crippen LogP contribution in [0, 0.1) is 0 Å². The first-order valence-electron chi connectivity index (χ1n) is 7.16. The van der Waals surface area contributed by atoms with Gasteiger partial charge in [0.1, 0.15) is 0 Å². The fraction of sp³-hybridized carbons (Fsp3) is 0.867. The second-order valence-electron chi connectivity index (χ2n) is 5.35. The molecule has 0 atom stereocenters. The van der Waals surface area contributed by atoms with Crippen LogP contribution in [-0.2, 0) is 0 Å². The summed E-state index contributed by atoms with van der Waals surface area (Å²) in [5.41, 5.74) is 1.27. The van der Waals surface area contributed by atoms with Crippen molar-refractivity contribution in [2.45, 2.75) is 59.4 Å². The van der Waals surface area contributed by atoms with E-state index >= 15 is 0 Å². The molecule has 2 nitrogen and oxygen atoms in total. The maximum Gasteiger partial charge on any atom is 0.0187 e. The molecule has 0 amide bonds. The van der Waals surface area contributed by atoms with E-state index in [2.05, 4.69) is 44.5 Å². The molecule has 0 aromatic rings. The van der Waals surface area contributed by atoms with Crippen molar-refractivity contribution in [1.82, 2.24) is 10.2 Å². The molecule has 17 heavy (non-hydrogen) atoms. The molecule has 0 aliphatic heterocycles. The highest BCUT2D eigenvalue weighted by Crippen LogP contribution is 2.03. The molecule has 0 heterocycles. The van der Waals surface area contributed by atoms with Crippen molar-refractivity contribution in [3.05, 3.63) is 12.2 Å². The van der Waals surface area contributed by atoms with E-state index < -0.39 is 0 Å². The standard InChI is InChI=1S/C15H32N2/c1-6-17(13-14(2)3)12-10-8-7-9-11-16-15(4)5/h15-16H,2,6-13H2,1,3-5H3. The molecular weight excluding hydrogens is 208 g/mol. The van der Waals surface area contributed by atoms with Gasteiger partial charge < -0.3 is 5.32 Å². The van der Waals surface area contributed by atoms with Crippen LogP contribution in [0.5, 0.6) is 0 Å². The molecule has 0 fully saturated rings. The number of hydrogen-bond acceptors (Lipinski definition) is 2.